The number of benzene rings is 1. The lowest BCUT2D eigenvalue weighted by atomic mass is 10.0. The highest BCUT2D eigenvalue weighted by molar-refractivity contribution is 7.13. The fraction of sp³-hybridized carbons (Fsp3) is 0.481. The minimum atomic E-state index is 0.596. The van der Waals surface area contributed by atoms with Crippen molar-refractivity contribution in [2.45, 2.75) is 84.1 Å². The fourth-order valence-electron chi connectivity index (χ4n) is 4.34. The third kappa shape index (κ3) is 6.09. The van der Waals surface area contributed by atoms with Crippen molar-refractivity contribution in [2.75, 3.05) is 4.90 Å². The van der Waals surface area contributed by atoms with E-state index in [1.165, 1.54) is 90.1 Å². The number of thiophene rings is 1. The molecule has 1 aliphatic heterocycles. The van der Waals surface area contributed by atoms with Gasteiger partial charge in [0.05, 0.1) is 0 Å². The zero-order valence-corrected chi connectivity index (χ0v) is 19.2. The largest absolute Gasteiger partial charge is 0.343 e. The molecule has 0 unspecified atom stereocenters. The first-order valence-electron chi connectivity index (χ1n) is 11.4. The van der Waals surface area contributed by atoms with E-state index < -0.39 is 0 Å². The van der Waals surface area contributed by atoms with Gasteiger partial charge in [-0.2, -0.15) is 0 Å². The molecule has 29 heavy (non-hydrogen) atoms. The van der Waals surface area contributed by atoms with Crippen LogP contribution in [0.3, 0.4) is 0 Å². The molecule has 1 aromatic heterocycles. The molecule has 1 fully saturated rings. The maximum absolute atomic E-state index is 4.36. The van der Waals surface area contributed by atoms with Crippen LogP contribution in [0.1, 0.15) is 80.5 Å². The number of allylic oxidation sites excluding steroid dienone is 2. The van der Waals surface area contributed by atoms with Crippen LogP contribution in [0, 0.1) is 0 Å². The van der Waals surface area contributed by atoms with Crippen LogP contribution in [0.15, 0.2) is 55.3 Å². The first kappa shape index (κ1) is 21.9. The third-order valence-corrected chi connectivity index (χ3v) is 7.36. The summed E-state index contributed by atoms with van der Waals surface area (Å²) >= 11 is 1.90. The summed E-state index contributed by atoms with van der Waals surface area (Å²) in [5.41, 5.74) is 5.26. The van der Waals surface area contributed by atoms with E-state index in [0.717, 1.165) is 6.42 Å². The maximum Gasteiger partial charge on any atom is 0.0410 e. The van der Waals surface area contributed by atoms with E-state index in [1.807, 2.05) is 11.3 Å². The molecule has 0 N–H and O–H groups in total. The van der Waals surface area contributed by atoms with Gasteiger partial charge in [-0.1, -0.05) is 51.5 Å². The van der Waals surface area contributed by atoms with Crippen molar-refractivity contribution >= 4 is 22.6 Å². The summed E-state index contributed by atoms with van der Waals surface area (Å²) in [7, 11) is 0. The number of nitrogens with zero attached hydrogens (tertiary/aromatic N) is 1. The van der Waals surface area contributed by atoms with Gasteiger partial charge in [0.2, 0.25) is 0 Å². The highest BCUT2D eigenvalue weighted by atomic mass is 32.1. The normalized spacial score (nSPS) is 16.6. The summed E-state index contributed by atoms with van der Waals surface area (Å²) in [4.78, 5) is 5.32. The second-order valence-electron chi connectivity index (χ2n) is 8.54. The average molecular weight is 408 g/mol. The molecule has 1 aliphatic rings. The molecule has 0 saturated carbocycles. The van der Waals surface area contributed by atoms with E-state index >= 15 is 0 Å². The van der Waals surface area contributed by atoms with Gasteiger partial charge in [-0.3, -0.25) is 0 Å². The van der Waals surface area contributed by atoms with Crippen LogP contribution in [-0.2, 0) is 12.8 Å². The number of unbranched alkanes of at least 4 members (excludes halogenated alkanes) is 3. The lowest BCUT2D eigenvalue weighted by molar-refractivity contribution is 0.585. The molecule has 1 nitrogen and oxygen atoms in total. The average Bonchev–Trinajstić information content (AvgIpc) is 3.33. The van der Waals surface area contributed by atoms with Gasteiger partial charge in [0.15, 0.2) is 0 Å². The molecule has 1 saturated heterocycles. The Balaban J connectivity index is 1.53. The Morgan fingerprint density at radius 2 is 1.83 bits per heavy atom. The topological polar surface area (TPSA) is 3.24 Å². The van der Waals surface area contributed by atoms with Crippen LogP contribution >= 0.6 is 11.3 Å². The Bertz CT molecular complexity index is 798. The first-order valence-corrected chi connectivity index (χ1v) is 12.2. The van der Waals surface area contributed by atoms with E-state index in [1.54, 1.807) is 0 Å². The molecular weight excluding hydrogens is 370 g/mol. The van der Waals surface area contributed by atoms with Crippen molar-refractivity contribution in [3.05, 3.63) is 70.6 Å². The van der Waals surface area contributed by atoms with Crippen LogP contribution < -0.4 is 4.90 Å². The third-order valence-electron chi connectivity index (χ3n) is 6.05. The van der Waals surface area contributed by atoms with Gasteiger partial charge in [0.25, 0.3) is 0 Å². The molecule has 1 atom stereocenters. The van der Waals surface area contributed by atoms with Gasteiger partial charge in [0, 0.05) is 27.2 Å². The summed E-state index contributed by atoms with van der Waals surface area (Å²) in [5, 5.41) is 0. The molecule has 0 radical (unpaired) electrons. The van der Waals surface area contributed by atoms with E-state index in [4.69, 9.17) is 0 Å². The molecule has 0 bridgehead atoms. The molecular formula is C27H37NS. The Labute approximate surface area is 182 Å². The Morgan fingerprint density at radius 3 is 2.52 bits per heavy atom. The fourth-order valence-corrected chi connectivity index (χ4v) is 5.32. The minimum Gasteiger partial charge on any atom is -0.343 e. The van der Waals surface area contributed by atoms with Gasteiger partial charge >= 0.3 is 0 Å². The van der Waals surface area contributed by atoms with Crippen molar-refractivity contribution < 1.29 is 0 Å². The van der Waals surface area contributed by atoms with Crippen LogP contribution in [0.25, 0.3) is 5.57 Å². The molecule has 1 aromatic carbocycles. The predicted octanol–water partition coefficient (Wildman–Crippen LogP) is 8.41. The van der Waals surface area contributed by atoms with Crippen molar-refractivity contribution in [1.29, 1.82) is 0 Å². The highest BCUT2D eigenvalue weighted by Gasteiger charge is 2.27. The van der Waals surface area contributed by atoms with Gasteiger partial charge in [-0.05, 0) is 87.3 Å². The van der Waals surface area contributed by atoms with Gasteiger partial charge in [-0.15, -0.1) is 11.3 Å². The molecule has 0 spiro atoms. The van der Waals surface area contributed by atoms with Crippen LogP contribution in [0.5, 0.6) is 0 Å². The molecule has 0 aliphatic carbocycles. The maximum atomic E-state index is 4.36. The summed E-state index contributed by atoms with van der Waals surface area (Å²) in [6.07, 6.45) is 12.5. The summed E-state index contributed by atoms with van der Waals surface area (Å²) in [5.74, 6) is 0. The zero-order chi connectivity index (χ0) is 20.6. The Hall–Kier alpha value is -1.80. The van der Waals surface area contributed by atoms with Crippen molar-refractivity contribution in [1.82, 2.24) is 0 Å². The summed E-state index contributed by atoms with van der Waals surface area (Å²) < 4.78 is 0. The summed E-state index contributed by atoms with van der Waals surface area (Å²) in [6.45, 7) is 12.8. The predicted molar refractivity (Wildman–Crippen MR) is 131 cm³/mol. The SMILES string of the molecule is C=C(C)c1ccc(CCC[C@H]2CCC(=C)N2c2ccc(CCCCCC)cc2)s1. The number of hydrogen-bond donors (Lipinski definition) is 0. The molecule has 2 heteroatoms. The molecule has 2 heterocycles. The Morgan fingerprint density at radius 1 is 1.03 bits per heavy atom. The molecule has 0 amide bonds. The number of hydrogen-bond acceptors (Lipinski definition) is 2. The van der Waals surface area contributed by atoms with Crippen molar-refractivity contribution in [2.24, 2.45) is 0 Å². The number of aryl methyl sites for hydroxylation is 2. The second-order valence-corrected chi connectivity index (χ2v) is 9.71. The quantitative estimate of drug-likeness (QED) is 0.338. The van der Waals surface area contributed by atoms with E-state index in [9.17, 15) is 0 Å². The summed E-state index contributed by atoms with van der Waals surface area (Å²) in [6, 6.07) is 14.4. The monoisotopic (exact) mass is 407 g/mol. The Kier molecular flexibility index (Phi) is 8.18. The van der Waals surface area contributed by atoms with Gasteiger partial charge in [0.1, 0.15) is 0 Å². The molecule has 2 aromatic rings. The van der Waals surface area contributed by atoms with Crippen molar-refractivity contribution in [3.63, 3.8) is 0 Å². The second kappa shape index (κ2) is 10.8. The van der Waals surface area contributed by atoms with Crippen LogP contribution in [-0.4, -0.2) is 6.04 Å². The van der Waals surface area contributed by atoms with E-state index in [2.05, 4.69) is 68.3 Å². The zero-order valence-electron chi connectivity index (χ0n) is 18.4. The van der Waals surface area contributed by atoms with Crippen molar-refractivity contribution in [3.8, 4) is 0 Å². The lowest BCUT2D eigenvalue weighted by Crippen LogP contribution is -2.27. The molecule has 156 valence electrons. The van der Waals surface area contributed by atoms with E-state index in [0.29, 0.717) is 6.04 Å². The highest BCUT2D eigenvalue weighted by Crippen LogP contribution is 2.35. The van der Waals surface area contributed by atoms with E-state index in [-0.39, 0.29) is 0 Å². The van der Waals surface area contributed by atoms with Gasteiger partial charge in [-0.25, -0.2) is 0 Å². The van der Waals surface area contributed by atoms with Crippen LogP contribution in [0.2, 0.25) is 0 Å². The standard InChI is InChI=1S/C27H37NS/c1-5-6-7-8-10-23-14-17-25(18-15-23)28-22(4)13-16-24(28)11-9-12-26-19-20-27(29-26)21(2)3/h14-15,17-20,24H,2,4-13,16H2,1,3H3/t24-/m0/s1. The van der Waals surface area contributed by atoms with Gasteiger partial charge < -0.3 is 4.90 Å². The molecule has 3 rings (SSSR count). The number of anilines is 1. The number of rotatable bonds is 11. The van der Waals surface area contributed by atoms with Crippen LogP contribution in [0.4, 0.5) is 5.69 Å². The lowest BCUT2D eigenvalue weighted by Gasteiger charge is -2.28. The smallest absolute Gasteiger partial charge is 0.0410 e. The first-order chi connectivity index (χ1) is 14.1. The minimum absolute atomic E-state index is 0.596.